The van der Waals surface area contributed by atoms with Gasteiger partial charge < -0.3 is 14.8 Å². The second-order valence-corrected chi connectivity index (χ2v) is 8.49. The van der Waals surface area contributed by atoms with E-state index in [0.29, 0.717) is 5.92 Å². The molecule has 26 heavy (non-hydrogen) atoms. The SMILES string of the molecule is C[C@H]1[C@@H](CNC(=O)C(F)F)O[C@@H]2O[C@@]3(C)CC[C@H]4[C@H](C)CC[C@@H]1[C@@]24OO3. The van der Waals surface area contributed by atoms with Crippen LogP contribution in [0.2, 0.25) is 0 Å². The molecule has 4 heterocycles. The Balaban J connectivity index is 1.61. The van der Waals surface area contributed by atoms with Gasteiger partial charge in [0.2, 0.25) is 5.79 Å². The second kappa shape index (κ2) is 6.36. The summed E-state index contributed by atoms with van der Waals surface area (Å²) in [4.78, 5) is 23.0. The maximum atomic E-state index is 12.5. The van der Waals surface area contributed by atoms with Gasteiger partial charge in [-0.05, 0) is 43.9 Å². The Morgan fingerprint density at radius 1 is 1.19 bits per heavy atom. The molecule has 1 amide bonds. The highest BCUT2D eigenvalue weighted by Gasteiger charge is 2.69. The number of carbonyl (C=O) groups is 1. The number of nitrogens with one attached hydrogen (secondary N) is 1. The number of hydrogen-bond donors (Lipinski definition) is 1. The fraction of sp³-hybridized carbons (Fsp3) is 0.944. The fourth-order valence-corrected chi connectivity index (χ4v) is 5.49. The number of hydrogen-bond acceptors (Lipinski definition) is 5. The van der Waals surface area contributed by atoms with Crippen molar-refractivity contribution in [2.24, 2.45) is 23.7 Å². The van der Waals surface area contributed by atoms with E-state index in [0.717, 1.165) is 25.7 Å². The van der Waals surface area contributed by atoms with Gasteiger partial charge in [0.1, 0.15) is 0 Å². The van der Waals surface area contributed by atoms with Gasteiger partial charge in [-0.2, -0.15) is 8.78 Å². The van der Waals surface area contributed by atoms with E-state index in [2.05, 4.69) is 12.2 Å². The third-order valence-electron chi connectivity index (χ3n) is 6.97. The lowest BCUT2D eigenvalue weighted by molar-refractivity contribution is -0.570. The Kier molecular flexibility index (Phi) is 4.53. The van der Waals surface area contributed by atoms with Crippen molar-refractivity contribution >= 4 is 5.91 Å². The van der Waals surface area contributed by atoms with E-state index in [1.807, 2.05) is 13.8 Å². The fourth-order valence-electron chi connectivity index (χ4n) is 5.49. The summed E-state index contributed by atoms with van der Waals surface area (Å²) in [5, 5.41) is 2.29. The van der Waals surface area contributed by atoms with Crippen molar-refractivity contribution in [2.75, 3.05) is 6.54 Å². The van der Waals surface area contributed by atoms with Gasteiger partial charge in [0.25, 0.3) is 5.91 Å². The summed E-state index contributed by atoms with van der Waals surface area (Å²) in [6.07, 6.45) is -0.387. The minimum atomic E-state index is -3.03. The molecular weight excluding hydrogens is 348 g/mol. The van der Waals surface area contributed by atoms with Crippen LogP contribution in [-0.2, 0) is 24.0 Å². The molecule has 5 aliphatic rings. The van der Waals surface area contributed by atoms with Crippen LogP contribution >= 0.6 is 0 Å². The molecule has 2 bridgehead atoms. The number of ether oxygens (including phenoxy) is 2. The molecule has 1 spiro atoms. The van der Waals surface area contributed by atoms with Crippen LogP contribution in [-0.4, -0.2) is 42.7 Å². The largest absolute Gasteiger partial charge is 0.349 e. The van der Waals surface area contributed by atoms with Gasteiger partial charge in [-0.1, -0.05) is 13.8 Å². The lowest BCUT2D eigenvalue weighted by atomic mass is 9.57. The maximum absolute atomic E-state index is 12.5. The number of alkyl halides is 2. The lowest BCUT2D eigenvalue weighted by Crippen LogP contribution is -2.71. The van der Waals surface area contributed by atoms with E-state index in [1.54, 1.807) is 0 Å². The van der Waals surface area contributed by atoms with Crippen LogP contribution in [0.4, 0.5) is 8.78 Å². The first kappa shape index (κ1) is 18.5. The Labute approximate surface area is 151 Å². The first-order valence-corrected chi connectivity index (χ1v) is 9.53. The summed E-state index contributed by atoms with van der Waals surface area (Å²) in [6.45, 7) is 6.14. The lowest BCUT2D eigenvalue weighted by Gasteiger charge is -2.60. The average molecular weight is 375 g/mol. The molecule has 6 nitrogen and oxygen atoms in total. The zero-order valence-electron chi connectivity index (χ0n) is 15.4. The second-order valence-electron chi connectivity index (χ2n) is 8.49. The molecule has 1 N–H and O–H groups in total. The van der Waals surface area contributed by atoms with Gasteiger partial charge in [0.15, 0.2) is 11.9 Å². The zero-order chi connectivity index (χ0) is 18.7. The zero-order valence-corrected chi connectivity index (χ0v) is 15.4. The average Bonchev–Trinajstić information content (AvgIpc) is 2.82. The van der Waals surface area contributed by atoms with Gasteiger partial charge in [-0.3, -0.25) is 4.79 Å². The summed E-state index contributed by atoms with van der Waals surface area (Å²) in [6, 6.07) is 0. The predicted octanol–water partition coefficient (Wildman–Crippen LogP) is 2.62. The van der Waals surface area contributed by atoms with Crippen LogP contribution < -0.4 is 5.32 Å². The third-order valence-corrected chi connectivity index (χ3v) is 6.97. The predicted molar refractivity (Wildman–Crippen MR) is 85.8 cm³/mol. The molecule has 5 fully saturated rings. The molecule has 8 heteroatoms. The van der Waals surface area contributed by atoms with Gasteiger partial charge >= 0.3 is 6.43 Å². The standard InChI is InChI=1S/C18H27F2NO5/c1-9-4-5-12-10(2)13(8-21-15(22)14(19)20)23-16-18(12)11(9)6-7-17(3,24-16)25-26-18/h9-14,16H,4-8H2,1-3H3,(H,21,22)/t9-,10-,11+,12+,13-,16-,17-,18-/m1/s1. The van der Waals surface area contributed by atoms with E-state index in [-0.39, 0.29) is 24.3 Å². The summed E-state index contributed by atoms with van der Waals surface area (Å²) < 4.78 is 37.4. The quantitative estimate of drug-likeness (QED) is 0.768. The third kappa shape index (κ3) is 2.68. The highest BCUT2D eigenvalue weighted by atomic mass is 19.3. The van der Waals surface area contributed by atoms with Crippen molar-refractivity contribution in [3.63, 3.8) is 0 Å². The number of fused-ring (bicyclic) bond motifs is 2. The molecule has 0 unspecified atom stereocenters. The molecule has 4 aliphatic heterocycles. The molecule has 4 saturated heterocycles. The molecule has 148 valence electrons. The highest BCUT2D eigenvalue weighted by molar-refractivity contribution is 5.79. The maximum Gasteiger partial charge on any atom is 0.315 e. The van der Waals surface area contributed by atoms with E-state index in [1.165, 1.54) is 0 Å². The Morgan fingerprint density at radius 3 is 2.69 bits per heavy atom. The van der Waals surface area contributed by atoms with Gasteiger partial charge in [0.05, 0.1) is 6.10 Å². The van der Waals surface area contributed by atoms with Crippen molar-refractivity contribution in [3.8, 4) is 0 Å². The van der Waals surface area contributed by atoms with Crippen LogP contribution in [0.3, 0.4) is 0 Å². The van der Waals surface area contributed by atoms with Gasteiger partial charge in [-0.25, -0.2) is 9.78 Å². The molecule has 1 aliphatic carbocycles. The van der Waals surface area contributed by atoms with Crippen molar-refractivity contribution in [2.45, 2.75) is 76.7 Å². The van der Waals surface area contributed by atoms with E-state index in [9.17, 15) is 13.6 Å². The smallest absolute Gasteiger partial charge is 0.315 e. The van der Waals surface area contributed by atoms with Crippen LogP contribution in [0.1, 0.15) is 46.5 Å². The first-order chi connectivity index (χ1) is 12.3. The molecule has 0 aromatic rings. The van der Waals surface area contributed by atoms with Crippen molar-refractivity contribution in [1.29, 1.82) is 0 Å². The highest BCUT2D eigenvalue weighted by Crippen LogP contribution is 2.60. The number of amides is 1. The summed E-state index contributed by atoms with van der Waals surface area (Å²) in [5.74, 6) is -1.27. The monoisotopic (exact) mass is 375 g/mol. The van der Waals surface area contributed by atoms with E-state index >= 15 is 0 Å². The van der Waals surface area contributed by atoms with E-state index < -0.39 is 36.1 Å². The van der Waals surface area contributed by atoms with Gasteiger partial charge in [-0.15, -0.1) is 0 Å². The number of halogens is 2. The van der Waals surface area contributed by atoms with Crippen molar-refractivity contribution in [1.82, 2.24) is 5.32 Å². The molecule has 0 radical (unpaired) electrons. The summed E-state index contributed by atoms with van der Waals surface area (Å²) in [5.41, 5.74) is -0.670. The molecule has 0 aromatic carbocycles. The Hall–Kier alpha value is -0.830. The minimum absolute atomic E-state index is 0.0221. The first-order valence-electron chi connectivity index (χ1n) is 9.53. The Morgan fingerprint density at radius 2 is 1.96 bits per heavy atom. The van der Waals surface area contributed by atoms with Crippen LogP contribution in [0.5, 0.6) is 0 Å². The summed E-state index contributed by atoms with van der Waals surface area (Å²) >= 11 is 0. The number of rotatable bonds is 3. The van der Waals surface area contributed by atoms with E-state index in [4.69, 9.17) is 19.2 Å². The minimum Gasteiger partial charge on any atom is -0.349 e. The molecular formula is C18H27F2NO5. The molecule has 5 rings (SSSR count). The van der Waals surface area contributed by atoms with Crippen LogP contribution in [0.15, 0.2) is 0 Å². The van der Waals surface area contributed by atoms with Gasteiger partial charge in [0, 0.05) is 18.9 Å². The molecule has 1 saturated carbocycles. The number of carbonyl (C=O) groups excluding carboxylic acids is 1. The van der Waals surface area contributed by atoms with Crippen LogP contribution in [0.25, 0.3) is 0 Å². The van der Waals surface area contributed by atoms with Crippen molar-refractivity contribution < 1.29 is 32.8 Å². The van der Waals surface area contributed by atoms with Crippen LogP contribution in [0, 0.1) is 23.7 Å². The van der Waals surface area contributed by atoms with Crippen molar-refractivity contribution in [3.05, 3.63) is 0 Å². The normalized spacial score (nSPS) is 50.2. The molecule has 8 atom stereocenters. The Bertz CT molecular complexity index is 578. The molecule has 0 aromatic heterocycles. The summed E-state index contributed by atoms with van der Waals surface area (Å²) in [7, 11) is 0. The topological polar surface area (TPSA) is 66.0 Å².